The van der Waals surface area contributed by atoms with Crippen LogP contribution in [0.5, 0.6) is 5.75 Å². The van der Waals surface area contributed by atoms with Crippen molar-refractivity contribution in [3.8, 4) is 5.75 Å². The monoisotopic (exact) mass is 318 g/mol. The Kier molecular flexibility index (Phi) is 5.67. The summed E-state index contributed by atoms with van der Waals surface area (Å²) in [6.45, 7) is 2.63. The molecular weight excluding hydrogens is 300 g/mol. The average molecular weight is 319 g/mol. The maximum atomic E-state index is 11.9. The second kappa shape index (κ2) is 7.71. The van der Waals surface area contributed by atoms with Crippen molar-refractivity contribution < 1.29 is 9.53 Å². The first-order chi connectivity index (χ1) is 10.6. The number of urea groups is 1. The lowest BCUT2D eigenvalue weighted by Gasteiger charge is -2.10. The van der Waals surface area contributed by atoms with Crippen molar-refractivity contribution in [3.63, 3.8) is 0 Å². The van der Waals surface area contributed by atoms with Gasteiger partial charge >= 0.3 is 6.03 Å². The molecule has 0 atom stereocenters. The van der Waals surface area contributed by atoms with E-state index in [-0.39, 0.29) is 6.03 Å². The van der Waals surface area contributed by atoms with Crippen LogP contribution in [-0.4, -0.2) is 19.7 Å². The van der Waals surface area contributed by atoms with E-state index in [0.29, 0.717) is 23.0 Å². The molecule has 0 unspecified atom stereocenters. The number of anilines is 1. The van der Waals surface area contributed by atoms with E-state index in [4.69, 9.17) is 16.3 Å². The van der Waals surface area contributed by atoms with E-state index in [1.165, 1.54) is 11.1 Å². The lowest BCUT2D eigenvalue weighted by molar-refractivity contribution is 0.252. The molecule has 4 nitrogen and oxygen atoms in total. The van der Waals surface area contributed by atoms with Crippen molar-refractivity contribution in [1.82, 2.24) is 5.32 Å². The number of halogens is 1. The van der Waals surface area contributed by atoms with Crippen molar-refractivity contribution in [2.75, 3.05) is 19.0 Å². The minimum absolute atomic E-state index is 0.255. The Morgan fingerprint density at radius 3 is 2.68 bits per heavy atom. The zero-order valence-corrected chi connectivity index (χ0v) is 13.4. The predicted octanol–water partition coefficient (Wildman–Crippen LogP) is 4.02. The van der Waals surface area contributed by atoms with E-state index in [1.54, 1.807) is 25.3 Å². The average Bonchev–Trinajstić information content (AvgIpc) is 2.49. The highest BCUT2D eigenvalue weighted by Crippen LogP contribution is 2.27. The highest BCUT2D eigenvalue weighted by Gasteiger charge is 2.05. The van der Waals surface area contributed by atoms with Crippen molar-refractivity contribution in [1.29, 1.82) is 0 Å². The molecule has 0 bridgehead atoms. The number of amides is 2. The first kappa shape index (κ1) is 16.2. The number of hydrogen-bond donors (Lipinski definition) is 2. The summed E-state index contributed by atoms with van der Waals surface area (Å²) >= 11 is 6.02. The molecule has 116 valence electrons. The standard InChI is InChI=1S/C17H19ClN2O2/c1-12-5-3-4-6-13(12)9-10-19-17(21)20-14-7-8-16(22-2)15(18)11-14/h3-8,11H,9-10H2,1-2H3,(H2,19,20,21). The molecule has 2 N–H and O–H groups in total. The Morgan fingerprint density at radius 1 is 1.23 bits per heavy atom. The summed E-state index contributed by atoms with van der Waals surface area (Å²) in [5.41, 5.74) is 3.08. The van der Waals surface area contributed by atoms with Crippen LogP contribution in [0.25, 0.3) is 0 Å². The third kappa shape index (κ3) is 4.40. The van der Waals surface area contributed by atoms with Gasteiger partial charge in [0.2, 0.25) is 0 Å². The van der Waals surface area contributed by atoms with Gasteiger partial charge in [0.05, 0.1) is 12.1 Å². The Hall–Kier alpha value is -2.20. The molecule has 0 spiro atoms. The number of rotatable bonds is 5. The lowest BCUT2D eigenvalue weighted by Crippen LogP contribution is -2.30. The summed E-state index contributed by atoms with van der Waals surface area (Å²) in [4.78, 5) is 11.9. The second-order valence-corrected chi connectivity index (χ2v) is 5.31. The zero-order chi connectivity index (χ0) is 15.9. The molecule has 0 fully saturated rings. The summed E-state index contributed by atoms with van der Waals surface area (Å²) in [6.07, 6.45) is 0.795. The van der Waals surface area contributed by atoms with Crippen LogP contribution in [0.4, 0.5) is 10.5 Å². The summed E-state index contributed by atoms with van der Waals surface area (Å²) < 4.78 is 5.07. The van der Waals surface area contributed by atoms with Gasteiger partial charge in [-0.3, -0.25) is 0 Å². The molecule has 2 aromatic rings. The quantitative estimate of drug-likeness (QED) is 0.874. The fourth-order valence-corrected chi connectivity index (χ4v) is 2.38. The minimum atomic E-state index is -0.255. The maximum absolute atomic E-state index is 11.9. The van der Waals surface area contributed by atoms with Gasteiger partial charge in [-0.05, 0) is 42.7 Å². The molecule has 2 rings (SSSR count). The molecule has 5 heteroatoms. The predicted molar refractivity (Wildman–Crippen MR) is 89.9 cm³/mol. The molecule has 22 heavy (non-hydrogen) atoms. The second-order valence-electron chi connectivity index (χ2n) is 4.91. The molecule has 0 aliphatic heterocycles. The minimum Gasteiger partial charge on any atom is -0.495 e. The third-order valence-corrected chi connectivity index (χ3v) is 3.65. The Bertz CT molecular complexity index is 659. The normalized spacial score (nSPS) is 10.1. The molecule has 0 aromatic heterocycles. The number of hydrogen-bond acceptors (Lipinski definition) is 2. The number of carbonyl (C=O) groups is 1. The van der Waals surface area contributed by atoms with Gasteiger partial charge in [0.1, 0.15) is 5.75 Å². The van der Waals surface area contributed by atoms with Crippen LogP contribution in [0.1, 0.15) is 11.1 Å². The van der Waals surface area contributed by atoms with Gasteiger partial charge in [-0.15, -0.1) is 0 Å². The topological polar surface area (TPSA) is 50.4 Å². The zero-order valence-electron chi connectivity index (χ0n) is 12.7. The molecule has 2 aromatic carbocycles. The summed E-state index contributed by atoms with van der Waals surface area (Å²) in [5, 5.41) is 6.03. The van der Waals surface area contributed by atoms with E-state index in [2.05, 4.69) is 29.7 Å². The number of nitrogens with one attached hydrogen (secondary N) is 2. The largest absolute Gasteiger partial charge is 0.495 e. The first-order valence-corrected chi connectivity index (χ1v) is 7.41. The van der Waals surface area contributed by atoms with Crippen LogP contribution in [0.2, 0.25) is 5.02 Å². The van der Waals surface area contributed by atoms with Crippen LogP contribution in [0.15, 0.2) is 42.5 Å². The van der Waals surface area contributed by atoms with Crippen LogP contribution >= 0.6 is 11.6 Å². The number of methoxy groups -OCH3 is 1. The smallest absolute Gasteiger partial charge is 0.319 e. The van der Waals surface area contributed by atoms with Gasteiger partial charge < -0.3 is 15.4 Å². The van der Waals surface area contributed by atoms with E-state index in [0.717, 1.165) is 6.42 Å². The van der Waals surface area contributed by atoms with E-state index >= 15 is 0 Å². The summed E-state index contributed by atoms with van der Waals surface area (Å²) in [7, 11) is 1.55. The van der Waals surface area contributed by atoms with Crippen LogP contribution in [0, 0.1) is 6.92 Å². The van der Waals surface area contributed by atoms with Gasteiger partial charge in [-0.2, -0.15) is 0 Å². The SMILES string of the molecule is COc1ccc(NC(=O)NCCc2ccccc2C)cc1Cl. The fourth-order valence-electron chi connectivity index (χ4n) is 2.12. The van der Waals surface area contributed by atoms with Crippen LogP contribution in [-0.2, 0) is 6.42 Å². The molecule has 0 aliphatic rings. The van der Waals surface area contributed by atoms with E-state index < -0.39 is 0 Å². The molecule has 0 radical (unpaired) electrons. The Labute approximate surface area is 135 Å². The van der Waals surface area contributed by atoms with Crippen molar-refractivity contribution >= 4 is 23.3 Å². The molecule has 0 saturated heterocycles. The van der Waals surface area contributed by atoms with Gasteiger partial charge in [-0.1, -0.05) is 35.9 Å². The number of benzene rings is 2. The van der Waals surface area contributed by atoms with Crippen LogP contribution < -0.4 is 15.4 Å². The lowest BCUT2D eigenvalue weighted by atomic mass is 10.1. The highest BCUT2D eigenvalue weighted by atomic mass is 35.5. The van der Waals surface area contributed by atoms with Crippen molar-refractivity contribution in [3.05, 3.63) is 58.6 Å². The Balaban J connectivity index is 1.83. The van der Waals surface area contributed by atoms with Gasteiger partial charge in [0.25, 0.3) is 0 Å². The molecule has 0 heterocycles. The number of carbonyl (C=O) groups excluding carboxylic acids is 1. The van der Waals surface area contributed by atoms with E-state index in [9.17, 15) is 4.79 Å². The molecular formula is C17H19ClN2O2. The first-order valence-electron chi connectivity index (χ1n) is 7.03. The molecule has 0 aliphatic carbocycles. The van der Waals surface area contributed by atoms with Gasteiger partial charge in [0.15, 0.2) is 0 Å². The summed E-state index contributed by atoms with van der Waals surface area (Å²) in [5.74, 6) is 0.576. The highest BCUT2D eigenvalue weighted by molar-refractivity contribution is 6.32. The number of ether oxygens (including phenoxy) is 1. The summed E-state index contributed by atoms with van der Waals surface area (Å²) in [6, 6.07) is 13.0. The van der Waals surface area contributed by atoms with Crippen molar-refractivity contribution in [2.24, 2.45) is 0 Å². The maximum Gasteiger partial charge on any atom is 0.319 e. The molecule has 0 saturated carbocycles. The molecule has 2 amide bonds. The van der Waals surface area contributed by atoms with Gasteiger partial charge in [-0.25, -0.2) is 4.79 Å². The van der Waals surface area contributed by atoms with Crippen LogP contribution in [0.3, 0.4) is 0 Å². The third-order valence-electron chi connectivity index (χ3n) is 3.35. The fraction of sp³-hybridized carbons (Fsp3) is 0.235. The number of aryl methyl sites for hydroxylation is 1. The van der Waals surface area contributed by atoms with E-state index in [1.807, 2.05) is 12.1 Å². The van der Waals surface area contributed by atoms with Crippen molar-refractivity contribution in [2.45, 2.75) is 13.3 Å². The Morgan fingerprint density at radius 2 is 2.00 bits per heavy atom. The van der Waals surface area contributed by atoms with Gasteiger partial charge in [0, 0.05) is 12.2 Å².